The lowest BCUT2D eigenvalue weighted by atomic mass is 9.60. The van der Waals surface area contributed by atoms with Gasteiger partial charge in [-0.3, -0.25) is 14.3 Å². The molecular formula is C18H27BN4O4. The first-order chi connectivity index (χ1) is 12.9. The average Bonchev–Trinajstić information content (AvgIpc) is 2.93. The Morgan fingerprint density at radius 3 is 2.59 bits per heavy atom. The smallest absolute Gasteiger partial charge is 0.292 e. The molecule has 0 bridgehead atoms. The maximum absolute atomic E-state index is 13.0. The summed E-state index contributed by atoms with van der Waals surface area (Å²) in [6, 6.07) is -0.329. The summed E-state index contributed by atoms with van der Waals surface area (Å²) in [6.07, 6.45) is 4.23. The van der Waals surface area contributed by atoms with Gasteiger partial charge < -0.3 is 20.5 Å². The molecule has 2 heterocycles. The molecule has 1 aliphatic heterocycles. The molecule has 0 saturated carbocycles. The Balaban J connectivity index is 2.07. The van der Waals surface area contributed by atoms with E-state index in [0.717, 1.165) is 24.9 Å². The first kappa shape index (κ1) is 19.3. The number of methoxy groups -OCH3 is 1. The number of carbonyl (C=O) groups excluding carboxylic acids is 1. The number of hydrogen-bond donors (Lipinski definition) is 2. The number of Topliss-reactive ketones (excluding diaryl/α,β-unsaturated/α-hetero) is 1. The fourth-order valence-electron chi connectivity index (χ4n) is 4.03. The molecule has 1 unspecified atom stereocenters. The zero-order valence-corrected chi connectivity index (χ0v) is 16.2. The summed E-state index contributed by atoms with van der Waals surface area (Å²) < 4.78 is 8.81. The predicted octanol–water partition coefficient (Wildman–Crippen LogP) is 0.0647. The van der Waals surface area contributed by atoms with Crippen LogP contribution >= 0.6 is 0 Å². The van der Waals surface area contributed by atoms with Crippen molar-refractivity contribution in [3.05, 3.63) is 33.2 Å². The third-order valence-corrected chi connectivity index (χ3v) is 5.55. The first-order valence-electron chi connectivity index (χ1n) is 9.35. The van der Waals surface area contributed by atoms with Crippen molar-refractivity contribution in [3.63, 3.8) is 0 Å². The van der Waals surface area contributed by atoms with E-state index < -0.39 is 0 Å². The van der Waals surface area contributed by atoms with Crippen molar-refractivity contribution in [1.29, 1.82) is 0 Å². The molecule has 1 aromatic heterocycles. The van der Waals surface area contributed by atoms with Crippen molar-refractivity contribution in [3.8, 4) is 0 Å². The van der Waals surface area contributed by atoms with E-state index in [1.807, 2.05) is 16.6 Å². The number of likely N-dealkylation sites (N-methyl/N-ethyl adjacent to an activating group) is 1. The number of fused-ring (bicyclic) bond motifs is 1. The Labute approximate surface area is 159 Å². The van der Waals surface area contributed by atoms with E-state index in [9.17, 15) is 14.7 Å². The van der Waals surface area contributed by atoms with Gasteiger partial charge in [-0.1, -0.05) is 5.47 Å². The largest absolute Gasteiger partial charge is 0.493 e. The number of rotatable bonds is 6. The van der Waals surface area contributed by atoms with Gasteiger partial charge in [0.1, 0.15) is 11.5 Å². The minimum Gasteiger partial charge on any atom is -0.493 e. The highest BCUT2D eigenvalue weighted by molar-refractivity contribution is 6.48. The second-order valence-corrected chi connectivity index (χ2v) is 7.09. The molecule has 146 valence electrons. The van der Waals surface area contributed by atoms with Crippen molar-refractivity contribution in [2.24, 2.45) is 0 Å². The lowest BCUT2D eigenvalue weighted by molar-refractivity contribution is -0.115. The Morgan fingerprint density at radius 2 is 2.00 bits per heavy atom. The number of carbonyl (C=O) groups is 1. The van der Waals surface area contributed by atoms with E-state index in [0.29, 0.717) is 37.2 Å². The van der Waals surface area contributed by atoms with Gasteiger partial charge in [-0.15, -0.1) is 0 Å². The molecule has 1 aromatic rings. The van der Waals surface area contributed by atoms with Crippen molar-refractivity contribution < 1.29 is 14.6 Å². The molecule has 0 aromatic carbocycles. The van der Waals surface area contributed by atoms with E-state index in [-0.39, 0.29) is 29.8 Å². The van der Waals surface area contributed by atoms with Crippen LogP contribution in [-0.2, 0) is 22.6 Å². The third kappa shape index (κ3) is 3.20. The molecule has 1 atom stereocenters. The number of hydrogen-bond acceptors (Lipinski definition) is 6. The summed E-state index contributed by atoms with van der Waals surface area (Å²) >= 11 is 0. The Hall–Kier alpha value is -2.42. The van der Waals surface area contributed by atoms with Crippen LogP contribution in [0.25, 0.3) is 0 Å². The maximum Gasteiger partial charge on any atom is 0.292 e. The van der Waals surface area contributed by atoms with Crippen LogP contribution in [0.4, 0.5) is 11.5 Å². The summed E-state index contributed by atoms with van der Waals surface area (Å²) in [4.78, 5) is 27.3. The summed E-state index contributed by atoms with van der Waals surface area (Å²) in [7, 11) is 3.84. The minimum atomic E-state index is -0.329. The Bertz CT molecular complexity index is 867. The van der Waals surface area contributed by atoms with Gasteiger partial charge in [0.25, 0.3) is 5.56 Å². The molecule has 0 radical (unpaired) electrons. The van der Waals surface area contributed by atoms with Crippen LogP contribution in [0.2, 0.25) is 6.32 Å². The molecule has 9 heteroatoms. The van der Waals surface area contributed by atoms with Gasteiger partial charge in [0.15, 0.2) is 13.0 Å². The van der Waals surface area contributed by atoms with Crippen LogP contribution < -0.4 is 16.2 Å². The van der Waals surface area contributed by atoms with Crippen molar-refractivity contribution >= 4 is 24.6 Å². The van der Waals surface area contributed by atoms with Crippen LogP contribution in [0.1, 0.15) is 19.8 Å². The number of anilines is 2. The lowest BCUT2D eigenvalue weighted by Crippen LogP contribution is -2.41. The Kier molecular flexibility index (Phi) is 5.50. The van der Waals surface area contributed by atoms with Crippen molar-refractivity contribution in [2.75, 3.05) is 31.4 Å². The number of aliphatic hydroxyl groups excluding tert-OH is 1. The zero-order valence-electron chi connectivity index (χ0n) is 16.2. The predicted molar refractivity (Wildman–Crippen MR) is 106 cm³/mol. The number of nitrogen functional groups attached to an aromatic ring is 1. The van der Waals surface area contributed by atoms with Gasteiger partial charge in [-0.05, 0) is 37.7 Å². The van der Waals surface area contributed by atoms with E-state index in [1.54, 1.807) is 17.7 Å². The lowest BCUT2D eigenvalue weighted by Gasteiger charge is -2.33. The highest BCUT2D eigenvalue weighted by Crippen LogP contribution is 2.30. The molecule has 0 spiro atoms. The van der Waals surface area contributed by atoms with Crippen LogP contribution in [-0.4, -0.2) is 54.3 Å². The van der Waals surface area contributed by atoms with Gasteiger partial charge in [-0.2, -0.15) is 0 Å². The normalized spacial score (nSPS) is 19.6. The second kappa shape index (κ2) is 7.68. The number of nitrogens with two attached hydrogens (primary N) is 1. The fourth-order valence-corrected chi connectivity index (χ4v) is 4.03. The molecule has 1 aliphatic carbocycles. The summed E-state index contributed by atoms with van der Waals surface area (Å²) in [5.41, 5.74) is 8.14. The Morgan fingerprint density at radius 1 is 1.33 bits per heavy atom. The number of ether oxygens (including phenoxy) is 1. The highest BCUT2D eigenvalue weighted by Gasteiger charge is 2.33. The van der Waals surface area contributed by atoms with Crippen molar-refractivity contribution in [2.45, 2.75) is 45.2 Å². The number of aliphatic hydroxyl groups is 1. The first-order valence-corrected chi connectivity index (χ1v) is 9.35. The van der Waals surface area contributed by atoms with Gasteiger partial charge in [-0.25, -0.2) is 4.68 Å². The van der Waals surface area contributed by atoms with Gasteiger partial charge >= 0.3 is 0 Å². The quantitative estimate of drug-likeness (QED) is 0.683. The van der Waals surface area contributed by atoms with E-state index in [1.165, 1.54) is 7.11 Å². The standard InChI is InChI=1S/C18H27BN4O4/c1-11-14(19-6-9-24)12(10-13(27-3)16(11)25)21(2)15-17(20)22-7-4-5-8-23(22)18(15)26/h10,12,19,24H,4-9,20H2,1-3H3. The monoisotopic (exact) mass is 374 g/mol. The number of ketones is 1. The van der Waals surface area contributed by atoms with Crippen molar-refractivity contribution in [1.82, 2.24) is 9.36 Å². The van der Waals surface area contributed by atoms with Gasteiger partial charge in [0.2, 0.25) is 5.78 Å². The van der Waals surface area contributed by atoms with Crippen LogP contribution in [0.15, 0.2) is 27.7 Å². The SMILES string of the molecule is COC1=CC(N(C)c2c(N)n3n(c2=O)CCCC3)C(BCCO)=C(C)C1=O. The molecule has 3 rings (SSSR count). The molecule has 0 saturated heterocycles. The van der Waals surface area contributed by atoms with E-state index in [4.69, 9.17) is 10.5 Å². The van der Waals surface area contributed by atoms with Crippen LogP contribution in [0.3, 0.4) is 0 Å². The molecular weight excluding hydrogens is 347 g/mol. The third-order valence-electron chi connectivity index (χ3n) is 5.55. The van der Waals surface area contributed by atoms with Gasteiger partial charge in [0.05, 0.1) is 13.2 Å². The maximum atomic E-state index is 13.0. The molecule has 2 aliphatic rings. The van der Waals surface area contributed by atoms with E-state index in [2.05, 4.69) is 0 Å². The number of nitrogens with zero attached hydrogens (tertiary/aromatic N) is 3. The topological polar surface area (TPSA) is 103 Å². The fraction of sp³-hybridized carbons (Fsp3) is 0.556. The summed E-state index contributed by atoms with van der Waals surface area (Å²) in [5, 5.41) is 9.25. The summed E-state index contributed by atoms with van der Waals surface area (Å²) in [6.45, 7) is 3.19. The summed E-state index contributed by atoms with van der Waals surface area (Å²) in [5.74, 6) is 0.557. The van der Waals surface area contributed by atoms with Crippen LogP contribution in [0, 0.1) is 0 Å². The molecule has 8 nitrogen and oxygen atoms in total. The molecule has 0 amide bonds. The van der Waals surface area contributed by atoms with E-state index >= 15 is 0 Å². The molecule has 3 N–H and O–H groups in total. The minimum absolute atomic E-state index is 0.0353. The second-order valence-electron chi connectivity index (χ2n) is 7.09. The molecule has 27 heavy (non-hydrogen) atoms. The average molecular weight is 374 g/mol. The highest BCUT2D eigenvalue weighted by atomic mass is 16.5. The van der Waals surface area contributed by atoms with Crippen LogP contribution in [0.5, 0.6) is 0 Å². The van der Waals surface area contributed by atoms with Gasteiger partial charge in [0, 0.05) is 26.7 Å². The number of allylic oxidation sites excluding steroid dienone is 1. The molecule has 0 fully saturated rings. The number of aromatic nitrogens is 2. The zero-order chi connectivity index (χ0) is 19.7.